The monoisotopic (exact) mass is 400 g/mol. The molecular weight excluding hydrogens is 379 g/mol. The number of ether oxygens (including phenoxy) is 1. The van der Waals surface area contributed by atoms with Crippen LogP contribution in [0.15, 0.2) is 84.9 Å². The van der Waals surface area contributed by atoms with Crippen LogP contribution in [0.25, 0.3) is 16.9 Å². The van der Waals surface area contributed by atoms with Gasteiger partial charge in [0.2, 0.25) is 0 Å². The van der Waals surface area contributed by atoms with Crippen LogP contribution in [0, 0.1) is 12.7 Å². The number of carbonyl (C=O) groups excluding carboxylic acids is 1. The summed E-state index contributed by atoms with van der Waals surface area (Å²) < 4.78 is 20.8. The van der Waals surface area contributed by atoms with E-state index in [1.165, 1.54) is 24.3 Å². The summed E-state index contributed by atoms with van der Waals surface area (Å²) in [5.74, 6) is 0.0988. The summed E-state index contributed by atoms with van der Waals surface area (Å²) in [4.78, 5) is 13.1. The number of para-hydroxylation sites is 2. The minimum atomic E-state index is -0.349. The van der Waals surface area contributed by atoms with Gasteiger partial charge in [-0.15, -0.1) is 0 Å². The Labute approximate surface area is 174 Å². The molecule has 4 nitrogen and oxygen atoms in total. The lowest BCUT2D eigenvalue weighted by Gasteiger charge is -2.15. The lowest BCUT2D eigenvalue weighted by atomic mass is 10.1. The molecule has 0 atom stereocenters. The summed E-state index contributed by atoms with van der Waals surface area (Å²) >= 11 is 0. The molecule has 1 heterocycles. The van der Waals surface area contributed by atoms with E-state index in [1.54, 1.807) is 7.11 Å². The van der Waals surface area contributed by atoms with Crippen LogP contribution in [0.4, 0.5) is 10.1 Å². The minimum absolute atomic E-state index is 0.259. The van der Waals surface area contributed by atoms with Gasteiger partial charge in [0.05, 0.1) is 24.1 Å². The van der Waals surface area contributed by atoms with Crippen molar-refractivity contribution in [2.24, 2.45) is 0 Å². The van der Waals surface area contributed by atoms with Crippen molar-refractivity contribution < 1.29 is 13.9 Å². The minimum Gasteiger partial charge on any atom is -0.495 e. The summed E-state index contributed by atoms with van der Waals surface area (Å²) in [6, 6.07) is 25.2. The predicted molar refractivity (Wildman–Crippen MR) is 117 cm³/mol. The van der Waals surface area contributed by atoms with Crippen LogP contribution in [0.1, 0.15) is 16.1 Å². The number of hydrogen-bond donors (Lipinski definition) is 1. The van der Waals surface area contributed by atoms with E-state index in [-0.39, 0.29) is 11.7 Å². The number of nitrogens with one attached hydrogen (secondary N) is 1. The van der Waals surface area contributed by atoms with Crippen LogP contribution in [-0.4, -0.2) is 17.6 Å². The molecule has 0 radical (unpaired) electrons. The molecule has 0 spiro atoms. The second-order valence-corrected chi connectivity index (χ2v) is 6.86. The molecule has 1 aromatic heterocycles. The molecule has 0 aliphatic rings. The molecule has 3 aromatic carbocycles. The SMILES string of the molecule is COc1ccccc1-n1c(-c2ccccc2)cc(C(=O)Nc2ccc(F)cc2)c1C. The van der Waals surface area contributed by atoms with Crippen LogP contribution in [0.2, 0.25) is 0 Å². The van der Waals surface area contributed by atoms with Gasteiger partial charge in [-0.05, 0) is 55.0 Å². The molecule has 0 saturated heterocycles. The van der Waals surface area contributed by atoms with E-state index in [0.29, 0.717) is 17.0 Å². The van der Waals surface area contributed by atoms with Crippen molar-refractivity contribution in [1.29, 1.82) is 0 Å². The van der Waals surface area contributed by atoms with Crippen LogP contribution in [0.3, 0.4) is 0 Å². The first kappa shape index (κ1) is 19.5. The molecule has 4 aromatic rings. The van der Waals surface area contributed by atoms with E-state index in [4.69, 9.17) is 4.74 Å². The van der Waals surface area contributed by atoms with Crippen LogP contribution in [-0.2, 0) is 0 Å². The van der Waals surface area contributed by atoms with Crippen molar-refractivity contribution in [2.75, 3.05) is 12.4 Å². The summed E-state index contributed by atoms with van der Waals surface area (Å²) in [5, 5.41) is 2.85. The molecule has 0 fully saturated rings. The van der Waals surface area contributed by atoms with Crippen molar-refractivity contribution in [3.8, 4) is 22.7 Å². The van der Waals surface area contributed by atoms with Gasteiger partial charge in [0.25, 0.3) is 5.91 Å². The number of amides is 1. The Hall–Kier alpha value is -3.86. The Morgan fingerprint density at radius 2 is 1.60 bits per heavy atom. The zero-order valence-electron chi connectivity index (χ0n) is 16.7. The third-order valence-electron chi connectivity index (χ3n) is 4.99. The molecule has 150 valence electrons. The average Bonchev–Trinajstić information content (AvgIpc) is 3.13. The van der Waals surface area contributed by atoms with Crippen LogP contribution < -0.4 is 10.1 Å². The number of methoxy groups -OCH3 is 1. The van der Waals surface area contributed by atoms with E-state index in [2.05, 4.69) is 5.32 Å². The molecular formula is C25H21FN2O2. The smallest absolute Gasteiger partial charge is 0.257 e. The van der Waals surface area contributed by atoms with Crippen LogP contribution >= 0.6 is 0 Å². The Kier molecular flexibility index (Phi) is 5.35. The fourth-order valence-electron chi connectivity index (χ4n) is 3.51. The Balaban J connectivity index is 1.84. The normalized spacial score (nSPS) is 10.6. The van der Waals surface area contributed by atoms with Gasteiger partial charge in [-0.25, -0.2) is 4.39 Å². The third kappa shape index (κ3) is 3.70. The molecule has 0 aliphatic carbocycles. The van der Waals surface area contributed by atoms with Gasteiger partial charge in [-0.1, -0.05) is 42.5 Å². The number of halogens is 1. The maximum atomic E-state index is 13.2. The third-order valence-corrected chi connectivity index (χ3v) is 4.99. The van der Waals surface area contributed by atoms with Gasteiger partial charge in [-0.3, -0.25) is 4.79 Å². The molecule has 1 N–H and O–H groups in total. The lowest BCUT2D eigenvalue weighted by Crippen LogP contribution is -2.13. The fourth-order valence-corrected chi connectivity index (χ4v) is 3.51. The summed E-state index contributed by atoms with van der Waals surface area (Å²) in [6.07, 6.45) is 0. The van der Waals surface area contributed by atoms with Gasteiger partial charge in [-0.2, -0.15) is 0 Å². The molecule has 30 heavy (non-hydrogen) atoms. The standard InChI is InChI=1S/C25H21FN2O2/c1-17-21(25(29)27-20-14-12-19(26)13-15-20)16-23(18-8-4-3-5-9-18)28(17)22-10-6-7-11-24(22)30-2/h3-16H,1-2H3,(H,27,29). The topological polar surface area (TPSA) is 43.3 Å². The second-order valence-electron chi connectivity index (χ2n) is 6.86. The lowest BCUT2D eigenvalue weighted by molar-refractivity contribution is 0.102. The highest BCUT2D eigenvalue weighted by Gasteiger charge is 2.21. The quantitative estimate of drug-likeness (QED) is 0.456. The van der Waals surface area contributed by atoms with Gasteiger partial charge in [0.15, 0.2) is 0 Å². The Morgan fingerprint density at radius 3 is 2.30 bits per heavy atom. The van der Waals surface area contributed by atoms with Crippen molar-refractivity contribution in [1.82, 2.24) is 4.57 Å². The molecule has 0 unspecified atom stereocenters. The average molecular weight is 400 g/mol. The van der Waals surface area contributed by atoms with Crippen LogP contribution in [0.5, 0.6) is 5.75 Å². The first-order chi connectivity index (χ1) is 14.6. The highest BCUT2D eigenvalue weighted by molar-refractivity contribution is 6.06. The maximum Gasteiger partial charge on any atom is 0.257 e. The number of carbonyl (C=O) groups is 1. The molecule has 1 amide bonds. The number of aromatic nitrogens is 1. The van der Waals surface area contributed by atoms with E-state index < -0.39 is 0 Å². The van der Waals surface area contributed by atoms with Crippen molar-refractivity contribution in [3.05, 3.63) is 102 Å². The Bertz CT molecular complexity index is 1180. The highest BCUT2D eigenvalue weighted by atomic mass is 19.1. The number of hydrogen-bond acceptors (Lipinski definition) is 2. The van der Waals surface area contributed by atoms with E-state index in [1.807, 2.05) is 72.2 Å². The van der Waals surface area contributed by atoms with Gasteiger partial charge in [0.1, 0.15) is 11.6 Å². The Morgan fingerprint density at radius 1 is 0.933 bits per heavy atom. The fraction of sp³-hybridized carbons (Fsp3) is 0.0800. The van der Waals surface area contributed by atoms with Crippen molar-refractivity contribution in [2.45, 2.75) is 6.92 Å². The van der Waals surface area contributed by atoms with E-state index in [0.717, 1.165) is 22.6 Å². The molecule has 5 heteroatoms. The summed E-state index contributed by atoms with van der Waals surface area (Å²) in [7, 11) is 1.63. The maximum absolute atomic E-state index is 13.2. The molecule has 0 saturated carbocycles. The first-order valence-electron chi connectivity index (χ1n) is 9.56. The van der Waals surface area contributed by atoms with Gasteiger partial charge >= 0.3 is 0 Å². The number of benzene rings is 3. The molecule has 0 bridgehead atoms. The van der Waals surface area contributed by atoms with Crippen molar-refractivity contribution >= 4 is 11.6 Å². The zero-order valence-corrected chi connectivity index (χ0v) is 16.7. The zero-order chi connectivity index (χ0) is 21.1. The number of rotatable bonds is 5. The first-order valence-corrected chi connectivity index (χ1v) is 9.56. The molecule has 4 rings (SSSR count). The molecule has 0 aliphatic heterocycles. The largest absolute Gasteiger partial charge is 0.495 e. The number of nitrogens with zero attached hydrogens (tertiary/aromatic N) is 1. The van der Waals surface area contributed by atoms with Crippen molar-refractivity contribution in [3.63, 3.8) is 0 Å². The highest BCUT2D eigenvalue weighted by Crippen LogP contribution is 2.33. The predicted octanol–water partition coefficient (Wildman–Crippen LogP) is 5.85. The van der Waals surface area contributed by atoms with E-state index in [9.17, 15) is 9.18 Å². The summed E-state index contributed by atoms with van der Waals surface area (Å²) in [6.45, 7) is 1.90. The van der Waals surface area contributed by atoms with Gasteiger partial charge in [0, 0.05) is 11.4 Å². The second kappa shape index (κ2) is 8.25. The summed E-state index contributed by atoms with van der Waals surface area (Å²) in [5.41, 5.74) is 4.54. The van der Waals surface area contributed by atoms with Gasteiger partial charge < -0.3 is 14.6 Å². The number of anilines is 1. The van der Waals surface area contributed by atoms with E-state index >= 15 is 0 Å².